The number of H-pyrrole nitrogens is 1. The molecule has 0 aliphatic carbocycles. The van der Waals surface area contributed by atoms with Crippen LogP contribution >= 0.6 is 0 Å². The molecule has 1 aromatic carbocycles. The molecule has 2 aromatic rings. The first-order valence-electron chi connectivity index (χ1n) is 6.84. The van der Waals surface area contributed by atoms with Crippen molar-refractivity contribution in [1.29, 1.82) is 0 Å². The summed E-state index contributed by atoms with van der Waals surface area (Å²) < 4.78 is 0. The zero-order valence-corrected chi connectivity index (χ0v) is 11.8. The SMILES string of the molecule is Nc1nc(O)c(CCC[C@H](C(=O)O)c2ccccc2)c(=O)[nH]1. The van der Waals surface area contributed by atoms with Gasteiger partial charge in [0, 0.05) is 0 Å². The van der Waals surface area contributed by atoms with E-state index in [-0.39, 0.29) is 17.9 Å². The van der Waals surface area contributed by atoms with Gasteiger partial charge in [0.05, 0.1) is 11.5 Å². The van der Waals surface area contributed by atoms with E-state index < -0.39 is 23.3 Å². The molecule has 0 unspecified atom stereocenters. The van der Waals surface area contributed by atoms with Crippen molar-refractivity contribution in [3.8, 4) is 5.88 Å². The van der Waals surface area contributed by atoms with E-state index in [0.29, 0.717) is 18.4 Å². The Balaban J connectivity index is 2.06. The Bertz CT molecular complexity index is 712. The van der Waals surface area contributed by atoms with Crippen molar-refractivity contribution in [1.82, 2.24) is 9.97 Å². The zero-order valence-electron chi connectivity index (χ0n) is 11.8. The Kier molecular flexibility index (Phi) is 4.77. The van der Waals surface area contributed by atoms with Gasteiger partial charge in [-0.25, -0.2) is 0 Å². The van der Waals surface area contributed by atoms with E-state index in [4.69, 9.17) is 5.73 Å². The highest BCUT2D eigenvalue weighted by Crippen LogP contribution is 2.23. The third-order valence-corrected chi connectivity index (χ3v) is 3.43. The van der Waals surface area contributed by atoms with Gasteiger partial charge < -0.3 is 15.9 Å². The van der Waals surface area contributed by atoms with E-state index in [1.165, 1.54) is 0 Å². The Morgan fingerprint density at radius 2 is 2.00 bits per heavy atom. The molecule has 1 aromatic heterocycles. The van der Waals surface area contributed by atoms with E-state index >= 15 is 0 Å². The molecule has 0 spiro atoms. The number of rotatable bonds is 6. The van der Waals surface area contributed by atoms with Crippen LogP contribution in [0.5, 0.6) is 5.88 Å². The van der Waals surface area contributed by atoms with Gasteiger partial charge in [0.1, 0.15) is 0 Å². The van der Waals surface area contributed by atoms with Crippen LogP contribution in [0.25, 0.3) is 0 Å². The average Bonchev–Trinajstić information content (AvgIpc) is 2.46. The lowest BCUT2D eigenvalue weighted by atomic mass is 9.93. The number of nitrogens with two attached hydrogens (primary N) is 1. The average molecular weight is 303 g/mol. The van der Waals surface area contributed by atoms with Crippen LogP contribution in [-0.4, -0.2) is 26.2 Å². The standard InChI is InChI=1S/C15H17N3O4/c16-15-17-12(19)11(13(20)18-15)8-4-7-10(14(21)22)9-5-2-1-3-6-9/h1-3,5-6,10H,4,7-8H2,(H,21,22)(H4,16,17,18,19,20)/t10-/m0/s1. The molecule has 0 saturated heterocycles. The number of carbonyl (C=O) groups is 1. The lowest BCUT2D eigenvalue weighted by Gasteiger charge is -2.12. The number of aliphatic carboxylic acids is 1. The van der Waals surface area contributed by atoms with E-state index in [1.807, 2.05) is 6.07 Å². The second kappa shape index (κ2) is 6.75. The fraction of sp³-hybridized carbons (Fsp3) is 0.267. The zero-order chi connectivity index (χ0) is 16.1. The number of carboxylic acid groups (broad SMARTS) is 1. The molecule has 0 aliphatic rings. The van der Waals surface area contributed by atoms with Crippen molar-refractivity contribution in [2.45, 2.75) is 25.2 Å². The summed E-state index contributed by atoms with van der Waals surface area (Å²) in [6, 6.07) is 8.90. The van der Waals surface area contributed by atoms with Gasteiger partial charge in [-0.1, -0.05) is 30.3 Å². The number of aromatic nitrogens is 2. The molecular weight excluding hydrogens is 286 g/mol. The van der Waals surface area contributed by atoms with Gasteiger partial charge >= 0.3 is 5.97 Å². The number of nitrogens with zero attached hydrogens (tertiary/aromatic N) is 1. The van der Waals surface area contributed by atoms with Crippen LogP contribution in [0.4, 0.5) is 5.95 Å². The number of aromatic amines is 1. The number of carboxylic acids is 1. The van der Waals surface area contributed by atoms with Crippen molar-refractivity contribution < 1.29 is 15.0 Å². The molecule has 116 valence electrons. The summed E-state index contributed by atoms with van der Waals surface area (Å²) >= 11 is 0. The molecule has 22 heavy (non-hydrogen) atoms. The molecule has 0 amide bonds. The van der Waals surface area contributed by atoms with Gasteiger partial charge in [-0.3, -0.25) is 14.6 Å². The quantitative estimate of drug-likeness (QED) is 0.635. The first-order valence-corrected chi connectivity index (χ1v) is 6.84. The number of nitrogens with one attached hydrogen (secondary N) is 1. The van der Waals surface area contributed by atoms with Gasteiger partial charge in [-0.15, -0.1) is 0 Å². The second-order valence-electron chi connectivity index (χ2n) is 4.95. The van der Waals surface area contributed by atoms with E-state index in [9.17, 15) is 19.8 Å². The summed E-state index contributed by atoms with van der Waals surface area (Å²) in [5.41, 5.74) is 5.64. The lowest BCUT2D eigenvalue weighted by molar-refractivity contribution is -0.139. The summed E-state index contributed by atoms with van der Waals surface area (Å²) in [5.74, 6) is -2.13. The van der Waals surface area contributed by atoms with Crippen molar-refractivity contribution in [3.05, 3.63) is 51.8 Å². The molecule has 0 radical (unpaired) electrons. The van der Waals surface area contributed by atoms with Gasteiger partial charge in [0.25, 0.3) is 5.56 Å². The van der Waals surface area contributed by atoms with Gasteiger partial charge in [0.2, 0.25) is 11.8 Å². The summed E-state index contributed by atoms with van der Waals surface area (Å²) in [6.07, 6.45) is 1.00. The number of nitrogen functional groups attached to an aromatic ring is 1. The maximum Gasteiger partial charge on any atom is 0.310 e. The first-order chi connectivity index (χ1) is 10.5. The maximum atomic E-state index is 11.7. The smallest absolute Gasteiger partial charge is 0.310 e. The Labute approximate surface area is 126 Å². The molecule has 0 aliphatic heterocycles. The predicted molar refractivity (Wildman–Crippen MR) is 80.7 cm³/mol. The van der Waals surface area contributed by atoms with E-state index in [0.717, 1.165) is 0 Å². The molecule has 7 heteroatoms. The maximum absolute atomic E-state index is 11.7. The Morgan fingerprint density at radius 1 is 1.32 bits per heavy atom. The summed E-state index contributed by atoms with van der Waals surface area (Å²) in [7, 11) is 0. The topological polar surface area (TPSA) is 129 Å². The number of hydrogen-bond acceptors (Lipinski definition) is 5. The summed E-state index contributed by atoms with van der Waals surface area (Å²) in [5, 5.41) is 19.0. The highest BCUT2D eigenvalue weighted by Gasteiger charge is 2.20. The molecule has 0 bridgehead atoms. The predicted octanol–water partition coefficient (Wildman–Crippen LogP) is 1.25. The van der Waals surface area contributed by atoms with E-state index in [1.54, 1.807) is 24.3 Å². The van der Waals surface area contributed by atoms with Gasteiger partial charge in [-0.05, 0) is 24.8 Å². The second-order valence-corrected chi connectivity index (χ2v) is 4.95. The largest absolute Gasteiger partial charge is 0.493 e. The Hall–Kier alpha value is -2.83. The van der Waals surface area contributed by atoms with Gasteiger partial charge in [-0.2, -0.15) is 4.98 Å². The van der Waals surface area contributed by atoms with Gasteiger partial charge in [0.15, 0.2) is 0 Å². The third kappa shape index (κ3) is 3.63. The monoisotopic (exact) mass is 303 g/mol. The van der Waals surface area contributed by atoms with Crippen LogP contribution in [0.2, 0.25) is 0 Å². The molecule has 1 heterocycles. The number of anilines is 1. The highest BCUT2D eigenvalue weighted by atomic mass is 16.4. The molecule has 0 saturated carbocycles. The molecule has 0 fully saturated rings. The van der Waals surface area contributed by atoms with Crippen LogP contribution in [0.3, 0.4) is 0 Å². The molecule has 7 nitrogen and oxygen atoms in total. The normalized spacial score (nSPS) is 12.0. The van der Waals surface area contributed by atoms with Crippen LogP contribution < -0.4 is 11.3 Å². The summed E-state index contributed by atoms with van der Waals surface area (Å²) in [4.78, 5) is 29.0. The summed E-state index contributed by atoms with van der Waals surface area (Å²) in [6.45, 7) is 0. The highest BCUT2D eigenvalue weighted by molar-refractivity contribution is 5.75. The minimum Gasteiger partial charge on any atom is -0.493 e. The van der Waals surface area contributed by atoms with E-state index in [2.05, 4.69) is 9.97 Å². The Morgan fingerprint density at radius 3 is 2.59 bits per heavy atom. The van der Waals surface area contributed by atoms with Crippen LogP contribution in [-0.2, 0) is 11.2 Å². The number of benzene rings is 1. The number of aromatic hydroxyl groups is 1. The molecule has 5 N–H and O–H groups in total. The fourth-order valence-electron chi connectivity index (χ4n) is 2.33. The molecule has 1 atom stereocenters. The van der Waals surface area contributed by atoms with Crippen molar-refractivity contribution in [2.75, 3.05) is 5.73 Å². The molecule has 2 rings (SSSR count). The van der Waals surface area contributed by atoms with Crippen LogP contribution in [0.1, 0.15) is 29.9 Å². The minimum absolute atomic E-state index is 0.117. The van der Waals surface area contributed by atoms with Crippen LogP contribution in [0, 0.1) is 0 Å². The van der Waals surface area contributed by atoms with Crippen molar-refractivity contribution >= 4 is 11.9 Å². The lowest BCUT2D eigenvalue weighted by Crippen LogP contribution is -2.17. The first kappa shape index (κ1) is 15.6. The van der Waals surface area contributed by atoms with Crippen molar-refractivity contribution in [2.24, 2.45) is 0 Å². The fourth-order valence-corrected chi connectivity index (χ4v) is 2.33. The van der Waals surface area contributed by atoms with Crippen LogP contribution in [0.15, 0.2) is 35.1 Å². The number of hydrogen-bond donors (Lipinski definition) is 4. The third-order valence-electron chi connectivity index (χ3n) is 3.43. The van der Waals surface area contributed by atoms with Crippen molar-refractivity contribution in [3.63, 3.8) is 0 Å². The molecular formula is C15H17N3O4. The minimum atomic E-state index is -0.917.